The van der Waals surface area contributed by atoms with Gasteiger partial charge in [-0.05, 0) is 48.8 Å². The molecule has 0 fully saturated rings. The van der Waals surface area contributed by atoms with Crippen molar-refractivity contribution in [2.75, 3.05) is 5.32 Å². The average molecular weight is 313 g/mol. The molecule has 0 saturated heterocycles. The predicted molar refractivity (Wildman–Crippen MR) is 70.5 cm³/mol. The molecule has 0 aliphatic carbocycles. The van der Waals surface area contributed by atoms with E-state index < -0.39 is 11.7 Å². The minimum absolute atomic E-state index is 0.500. The van der Waals surface area contributed by atoms with Gasteiger partial charge in [0.15, 0.2) is 5.65 Å². The van der Waals surface area contributed by atoms with Gasteiger partial charge in [-0.3, -0.25) is 5.32 Å². The Balaban J connectivity index is 2.25. The Morgan fingerprint density at radius 2 is 2.17 bits per heavy atom. The van der Waals surface area contributed by atoms with Gasteiger partial charge >= 0.3 is 6.09 Å². The summed E-state index contributed by atoms with van der Waals surface area (Å²) >= 11 is 3.36. The molecule has 0 unspecified atom stereocenters. The van der Waals surface area contributed by atoms with Gasteiger partial charge in [0.2, 0.25) is 0 Å². The molecule has 2 rings (SSSR count). The van der Waals surface area contributed by atoms with Gasteiger partial charge in [-0.15, -0.1) is 0 Å². The topological polar surface area (TPSA) is 68.5 Å². The second kappa shape index (κ2) is 4.56. The number of rotatable bonds is 1. The Morgan fingerprint density at radius 1 is 1.44 bits per heavy atom. The number of aromatic nitrogens is 3. The largest absolute Gasteiger partial charge is 0.444 e. The number of carbonyl (C=O) groups excluding carboxylic acids is 1. The maximum atomic E-state index is 11.7. The van der Waals surface area contributed by atoms with Crippen molar-refractivity contribution in [1.82, 2.24) is 14.6 Å². The lowest BCUT2D eigenvalue weighted by Crippen LogP contribution is -2.27. The van der Waals surface area contributed by atoms with Crippen molar-refractivity contribution < 1.29 is 9.53 Å². The molecule has 0 saturated carbocycles. The van der Waals surface area contributed by atoms with E-state index in [2.05, 4.69) is 31.3 Å². The van der Waals surface area contributed by atoms with Crippen LogP contribution in [0.3, 0.4) is 0 Å². The van der Waals surface area contributed by atoms with E-state index in [0.717, 1.165) is 4.47 Å². The SMILES string of the molecule is CC(C)(C)OC(=O)Nc1ccc(Br)c2ncnn12. The molecule has 7 heteroatoms. The van der Waals surface area contributed by atoms with Crippen LogP contribution >= 0.6 is 15.9 Å². The highest BCUT2D eigenvalue weighted by atomic mass is 79.9. The van der Waals surface area contributed by atoms with Crippen LogP contribution in [0.5, 0.6) is 0 Å². The summed E-state index contributed by atoms with van der Waals surface area (Å²) in [5.74, 6) is 0.500. The highest BCUT2D eigenvalue weighted by Crippen LogP contribution is 2.20. The lowest BCUT2D eigenvalue weighted by Gasteiger charge is -2.19. The third kappa shape index (κ3) is 2.79. The molecule has 2 aromatic rings. The van der Waals surface area contributed by atoms with Crippen LogP contribution in [0.25, 0.3) is 5.65 Å². The maximum Gasteiger partial charge on any atom is 0.413 e. The molecule has 1 amide bonds. The van der Waals surface area contributed by atoms with Gasteiger partial charge in [0, 0.05) is 0 Å². The number of ether oxygens (including phenoxy) is 1. The lowest BCUT2D eigenvalue weighted by atomic mass is 10.2. The van der Waals surface area contributed by atoms with Crippen LogP contribution in [0, 0.1) is 0 Å². The quantitative estimate of drug-likeness (QED) is 0.879. The van der Waals surface area contributed by atoms with Gasteiger partial charge in [-0.1, -0.05) is 0 Å². The first-order valence-corrected chi connectivity index (χ1v) is 6.14. The maximum absolute atomic E-state index is 11.7. The highest BCUT2D eigenvalue weighted by Gasteiger charge is 2.17. The number of nitrogens with one attached hydrogen (secondary N) is 1. The van der Waals surface area contributed by atoms with Gasteiger partial charge in [-0.2, -0.15) is 9.61 Å². The predicted octanol–water partition coefficient (Wildman–Crippen LogP) is 2.84. The summed E-state index contributed by atoms with van der Waals surface area (Å²) in [5.41, 5.74) is 0.0876. The van der Waals surface area contributed by atoms with Crippen molar-refractivity contribution in [2.24, 2.45) is 0 Å². The zero-order chi connectivity index (χ0) is 13.3. The Hall–Kier alpha value is -1.63. The fourth-order valence-corrected chi connectivity index (χ4v) is 1.78. The van der Waals surface area contributed by atoms with Crippen molar-refractivity contribution in [3.05, 3.63) is 22.9 Å². The second-order valence-electron chi connectivity index (χ2n) is 4.69. The number of fused-ring (bicyclic) bond motifs is 1. The van der Waals surface area contributed by atoms with Crippen LogP contribution in [0.2, 0.25) is 0 Å². The van der Waals surface area contributed by atoms with Crippen molar-refractivity contribution in [3.8, 4) is 0 Å². The molecular formula is C11H13BrN4O2. The number of carbonyl (C=O) groups is 1. The number of halogens is 1. The molecule has 6 nitrogen and oxygen atoms in total. The molecule has 0 atom stereocenters. The molecule has 2 aromatic heterocycles. The van der Waals surface area contributed by atoms with E-state index in [1.165, 1.54) is 10.8 Å². The monoisotopic (exact) mass is 312 g/mol. The van der Waals surface area contributed by atoms with Crippen molar-refractivity contribution in [1.29, 1.82) is 0 Å². The van der Waals surface area contributed by atoms with Gasteiger partial charge in [0.05, 0.1) is 4.47 Å². The summed E-state index contributed by atoms with van der Waals surface area (Å²) in [7, 11) is 0. The van der Waals surface area contributed by atoms with Crippen molar-refractivity contribution >= 4 is 33.5 Å². The molecule has 1 N–H and O–H groups in total. The molecule has 96 valence electrons. The first-order valence-electron chi connectivity index (χ1n) is 5.35. The number of hydrogen-bond donors (Lipinski definition) is 1. The van der Waals surface area contributed by atoms with Gasteiger partial charge < -0.3 is 4.74 Å². The molecule has 0 aliphatic heterocycles. The lowest BCUT2D eigenvalue weighted by molar-refractivity contribution is 0.0635. The number of nitrogens with zero attached hydrogens (tertiary/aromatic N) is 3. The van der Waals surface area contributed by atoms with Crippen molar-refractivity contribution in [3.63, 3.8) is 0 Å². The molecule has 0 radical (unpaired) electrons. The number of hydrogen-bond acceptors (Lipinski definition) is 4. The first-order chi connectivity index (χ1) is 8.37. The van der Waals surface area contributed by atoms with Gasteiger partial charge in [0.25, 0.3) is 0 Å². The number of pyridine rings is 1. The zero-order valence-electron chi connectivity index (χ0n) is 10.3. The summed E-state index contributed by atoms with van der Waals surface area (Å²) in [6.07, 6.45) is 0.891. The number of amides is 1. The van der Waals surface area contributed by atoms with E-state index in [-0.39, 0.29) is 0 Å². The Bertz CT molecular complexity index is 588. The summed E-state index contributed by atoms with van der Waals surface area (Å²) in [6, 6.07) is 3.51. The zero-order valence-corrected chi connectivity index (χ0v) is 11.9. The van der Waals surface area contributed by atoms with Crippen LogP contribution in [0.15, 0.2) is 22.9 Å². The Morgan fingerprint density at radius 3 is 2.83 bits per heavy atom. The minimum atomic E-state index is -0.541. The van der Waals surface area contributed by atoms with E-state index in [4.69, 9.17) is 4.74 Å². The van der Waals surface area contributed by atoms with Crippen LogP contribution in [0.1, 0.15) is 20.8 Å². The van der Waals surface area contributed by atoms with Crippen molar-refractivity contribution in [2.45, 2.75) is 26.4 Å². The summed E-state index contributed by atoms with van der Waals surface area (Å²) < 4.78 is 7.50. The first kappa shape index (κ1) is 12.8. The molecule has 0 bridgehead atoms. The normalized spacial score (nSPS) is 11.6. The standard InChI is InChI=1S/C11H13BrN4O2/c1-11(2,3)18-10(17)15-8-5-4-7(12)9-13-6-14-16(8)9/h4-6H,1-3H3,(H,15,17). The minimum Gasteiger partial charge on any atom is -0.444 e. The second-order valence-corrected chi connectivity index (χ2v) is 5.54. The van der Waals surface area contributed by atoms with E-state index in [1.807, 2.05) is 0 Å². The van der Waals surface area contributed by atoms with Crippen LogP contribution < -0.4 is 5.32 Å². The summed E-state index contributed by atoms with van der Waals surface area (Å²) in [6.45, 7) is 5.41. The molecule has 2 heterocycles. The highest BCUT2D eigenvalue weighted by molar-refractivity contribution is 9.10. The van der Waals surface area contributed by atoms with E-state index in [0.29, 0.717) is 11.5 Å². The van der Waals surface area contributed by atoms with Gasteiger partial charge in [0.1, 0.15) is 17.7 Å². The molecule has 0 aromatic carbocycles. The molecular weight excluding hydrogens is 300 g/mol. The third-order valence-electron chi connectivity index (χ3n) is 2.01. The average Bonchev–Trinajstić information content (AvgIpc) is 2.69. The van der Waals surface area contributed by atoms with E-state index >= 15 is 0 Å². The number of anilines is 1. The fraction of sp³-hybridized carbons (Fsp3) is 0.364. The van der Waals surface area contributed by atoms with Gasteiger partial charge in [-0.25, -0.2) is 9.78 Å². The van der Waals surface area contributed by atoms with E-state index in [1.54, 1.807) is 32.9 Å². The fourth-order valence-electron chi connectivity index (χ4n) is 1.38. The molecule has 0 spiro atoms. The Labute approximate surface area is 112 Å². The summed E-state index contributed by atoms with van der Waals surface area (Å²) in [4.78, 5) is 15.7. The molecule has 18 heavy (non-hydrogen) atoms. The van der Waals surface area contributed by atoms with Crippen LogP contribution in [-0.2, 0) is 4.74 Å². The summed E-state index contributed by atoms with van der Waals surface area (Å²) in [5, 5.41) is 6.67. The molecule has 0 aliphatic rings. The van der Waals surface area contributed by atoms with E-state index in [9.17, 15) is 4.79 Å². The van der Waals surface area contributed by atoms with Crippen LogP contribution in [0.4, 0.5) is 10.6 Å². The third-order valence-corrected chi connectivity index (χ3v) is 2.63. The smallest absolute Gasteiger partial charge is 0.413 e. The van der Waals surface area contributed by atoms with Crippen LogP contribution in [-0.4, -0.2) is 26.3 Å². The Kier molecular flexibility index (Phi) is 3.25.